The van der Waals surface area contributed by atoms with Crippen LogP contribution < -0.4 is 4.74 Å². The third kappa shape index (κ3) is 1.89. The third-order valence-corrected chi connectivity index (χ3v) is 1.81. The van der Waals surface area contributed by atoms with Crippen LogP contribution in [0.25, 0.3) is 0 Å². The van der Waals surface area contributed by atoms with E-state index in [4.69, 9.17) is 4.74 Å². The molecule has 0 spiro atoms. The van der Waals surface area contributed by atoms with E-state index in [9.17, 15) is 4.39 Å². The fourth-order valence-corrected chi connectivity index (χ4v) is 0.997. The molecule has 0 radical (unpaired) electrons. The molecule has 0 fully saturated rings. The van der Waals surface area contributed by atoms with Crippen LogP contribution in [0, 0.1) is 5.82 Å². The minimum atomic E-state index is -0.433. The first-order valence-corrected chi connectivity index (χ1v) is 4.14. The van der Waals surface area contributed by atoms with E-state index >= 15 is 0 Å². The van der Waals surface area contributed by atoms with Crippen LogP contribution in [0.15, 0.2) is 12.3 Å². The molecular weight excluding hydrogens is 213 g/mol. The van der Waals surface area contributed by atoms with Crippen molar-refractivity contribution in [1.29, 1.82) is 0 Å². The number of methoxy groups -OCH3 is 1. The van der Waals surface area contributed by atoms with Gasteiger partial charge in [0.1, 0.15) is 0 Å². The molecule has 0 saturated heterocycles. The topological polar surface area (TPSA) is 22.1 Å². The summed E-state index contributed by atoms with van der Waals surface area (Å²) in [7, 11) is 1.43. The van der Waals surface area contributed by atoms with Crippen molar-refractivity contribution in [3.63, 3.8) is 0 Å². The van der Waals surface area contributed by atoms with Crippen LogP contribution in [-0.4, -0.2) is 12.1 Å². The second kappa shape index (κ2) is 3.67. The zero-order valence-corrected chi connectivity index (χ0v) is 7.56. The Hall–Kier alpha value is -0.640. The van der Waals surface area contributed by atoms with E-state index in [-0.39, 0.29) is 5.75 Å². The molecule has 4 heteroatoms. The zero-order valence-electron chi connectivity index (χ0n) is 5.97. The van der Waals surface area contributed by atoms with E-state index in [0.29, 0.717) is 5.33 Å². The lowest BCUT2D eigenvalue weighted by atomic mass is 10.3. The molecule has 1 heterocycles. The monoisotopic (exact) mass is 219 g/mol. The molecule has 60 valence electrons. The van der Waals surface area contributed by atoms with Gasteiger partial charge in [-0.05, 0) is 0 Å². The Morgan fingerprint density at radius 1 is 1.73 bits per heavy atom. The summed E-state index contributed by atoms with van der Waals surface area (Å²) in [4.78, 5) is 3.80. The molecule has 1 aromatic heterocycles. The van der Waals surface area contributed by atoms with Crippen LogP contribution in [0.4, 0.5) is 4.39 Å². The summed E-state index contributed by atoms with van der Waals surface area (Å²) in [6, 6.07) is 1.56. The van der Waals surface area contributed by atoms with Gasteiger partial charge in [-0.3, -0.25) is 4.98 Å². The molecule has 0 N–H and O–H groups in total. The van der Waals surface area contributed by atoms with Crippen LogP contribution >= 0.6 is 15.9 Å². The molecule has 2 nitrogen and oxygen atoms in total. The predicted octanol–water partition coefficient (Wildman–Crippen LogP) is 2.12. The highest BCUT2D eigenvalue weighted by molar-refractivity contribution is 9.08. The Kier molecular flexibility index (Phi) is 2.82. The molecule has 0 aliphatic carbocycles. The summed E-state index contributed by atoms with van der Waals surface area (Å²) >= 11 is 3.20. The molecule has 1 aromatic rings. The highest BCUT2D eigenvalue weighted by atomic mass is 79.9. The summed E-state index contributed by atoms with van der Waals surface area (Å²) in [5, 5.41) is 0.601. The number of aromatic nitrogens is 1. The molecule has 0 bridgehead atoms. The summed E-state index contributed by atoms with van der Waals surface area (Å²) in [5.41, 5.74) is 0.753. The maximum Gasteiger partial charge on any atom is 0.183 e. The lowest BCUT2D eigenvalue weighted by Crippen LogP contribution is -1.92. The van der Waals surface area contributed by atoms with Crippen LogP contribution in [0.3, 0.4) is 0 Å². The number of rotatable bonds is 2. The molecule has 11 heavy (non-hydrogen) atoms. The quantitative estimate of drug-likeness (QED) is 0.712. The van der Waals surface area contributed by atoms with Crippen molar-refractivity contribution in [3.8, 4) is 5.75 Å². The van der Waals surface area contributed by atoms with Gasteiger partial charge in [0, 0.05) is 11.4 Å². The molecule has 0 saturated carbocycles. The first kappa shape index (κ1) is 8.46. The summed E-state index contributed by atoms with van der Waals surface area (Å²) < 4.78 is 17.5. The van der Waals surface area contributed by atoms with Gasteiger partial charge in [-0.1, -0.05) is 15.9 Å². The largest absolute Gasteiger partial charge is 0.494 e. The number of hydrogen-bond donors (Lipinski definition) is 0. The van der Waals surface area contributed by atoms with Gasteiger partial charge in [0.25, 0.3) is 0 Å². The molecule has 1 rings (SSSR count). The predicted molar refractivity (Wildman–Crippen MR) is 43.4 cm³/mol. The Morgan fingerprint density at radius 3 is 3.00 bits per heavy atom. The highest BCUT2D eigenvalue weighted by Gasteiger charge is 2.02. The van der Waals surface area contributed by atoms with Crippen molar-refractivity contribution in [2.24, 2.45) is 0 Å². The van der Waals surface area contributed by atoms with Gasteiger partial charge in [-0.25, -0.2) is 4.39 Å². The Bertz CT molecular complexity index is 254. The summed E-state index contributed by atoms with van der Waals surface area (Å²) in [6.07, 6.45) is 1.15. The fraction of sp³-hybridized carbons (Fsp3) is 0.286. The standard InChI is InChI=1S/C7H7BrFNO/c1-11-7-2-5(3-8)10-4-6(7)9/h2,4H,3H2,1H3. The Balaban J connectivity index is 3.02. The number of alkyl halides is 1. The van der Waals surface area contributed by atoms with Crippen molar-refractivity contribution in [2.45, 2.75) is 5.33 Å². The van der Waals surface area contributed by atoms with Gasteiger partial charge >= 0.3 is 0 Å². The smallest absolute Gasteiger partial charge is 0.183 e. The van der Waals surface area contributed by atoms with Crippen LogP contribution in [0.1, 0.15) is 5.69 Å². The summed E-state index contributed by atoms with van der Waals surface area (Å²) in [5.74, 6) is -0.202. The lowest BCUT2D eigenvalue weighted by Gasteiger charge is -2.01. The van der Waals surface area contributed by atoms with Gasteiger partial charge in [0.15, 0.2) is 11.6 Å². The van der Waals surface area contributed by atoms with Gasteiger partial charge in [-0.2, -0.15) is 0 Å². The molecule has 0 atom stereocenters. The van der Waals surface area contributed by atoms with Gasteiger partial charge < -0.3 is 4.74 Å². The van der Waals surface area contributed by atoms with Crippen molar-refractivity contribution in [2.75, 3.05) is 7.11 Å². The third-order valence-electron chi connectivity index (χ3n) is 1.23. The molecule has 0 aliphatic heterocycles. The maximum absolute atomic E-state index is 12.7. The number of ether oxygens (including phenoxy) is 1. The number of pyridine rings is 1. The first-order valence-electron chi connectivity index (χ1n) is 3.02. The van der Waals surface area contributed by atoms with Crippen LogP contribution in [-0.2, 0) is 5.33 Å². The van der Waals surface area contributed by atoms with Crippen molar-refractivity contribution < 1.29 is 9.13 Å². The molecule has 0 unspecified atom stereocenters. The van der Waals surface area contributed by atoms with Gasteiger partial charge in [0.05, 0.1) is 19.0 Å². The molecule has 0 aromatic carbocycles. The summed E-state index contributed by atoms with van der Waals surface area (Å²) in [6.45, 7) is 0. The zero-order chi connectivity index (χ0) is 8.27. The number of nitrogens with zero attached hydrogens (tertiary/aromatic N) is 1. The highest BCUT2D eigenvalue weighted by Crippen LogP contribution is 2.16. The normalized spacial score (nSPS) is 9.73. The first-order chi connectivity index (χ1) is 5.27. The second-order valence-electron chi connectivity index (χ2n) is 1.94. The van der Waals surface area contributed by atoms with Crippen LogP contribution in [0.5, 0.6) is 5.75 Å². The van der Waals surface area contributed by atoms with Gasteiger partial charge in [0.2, 0.25) is 0 Å². The average Bonchev–Trinajstić information content (AvgIpc) is 2.05. The Morgan fingerprint density at radius 2 is 2.45 bits per heavy atom. The number of hydrogen-bond acceptors (Lipinski definition) is 2. The maximum atomic E-state index is 12.7. The second-order valence-corrected chi connectivity index (χ2v) is 2.50. The lowest BCUT2D eigenvalue weighted by molar-refractivity contribution is 0.384. The average molecular weight is 220 g/mol. The minimum Gasteiger partial charge on any atom is -0.494 e. The van der Waals surface area contributed by atoms with E-state index in [0.717, 1.165) is 11.9 Å². The van der Waals surface area contributed by atoms with E-state index < -0.39 is 5.82 Å². The van der Waals surface area contributed by atoms with Crippen molar-refractivity contribution in [3.05, 3.63) is 23.8 Å². The SMILES string of the molecule is COc1cc(CBr)ncc1F. The fourth-order valence-electron chi connectivity index (χ4n) is 0.690. The Labute approximate surface area is 72.5 Å². The van der Waals surface area contributed by atoms with Crippen molar-refractivity contribution in [1.82, 2.24) is 4.98 Å². The van der Waals surface area contributed by atoms with Crippen molar-refractivity contribution >= 4 is 15.9 Å². The molecule has 0 amide bonds. The number of halogens is 2. The molecule has 0 aliphatic rings. The molecular formula is C7H7BrFNO. The van der Waals surface area contributed by atoms with Gasteiger partial charge in [-0.15, -0.1) is 0 Å². The van der Waals surface area contributed by atoms with E-state index in [1.165, 1.54) is 7.11 Å². The van der Waals surface area contributed by atoms with Crippen LogP contribution in [0.2, 0.25) is 0 Å². The van der Waals surface area contributed by atoms with E-state index in [1.807, 2.05) is 0 Å². The van der Waals surface area contributed by atoms with E-state index in [1.54, 1.807) is 6.07 Å². The minimum absolute atomic E-state index is 0.231. The van der Waals surface area contributed by atoms with E-state index in [2.05, 4.69) is 20.9 Å².